The number of fused-ring (bicyclic) bond motifs is 1. The Labute approximate surface area is 239 Å². The van der Waals surface area contributed by atoms with Crippen LogP contribution < -0.4 is 45.3 Å². The molecule has 14 heteroatoms. The van der Waals surface area contributed by atoms with Crippen LogP contribution in [0.3, 0.4) is 0 Å². The Morgan fingerprint density at radius 3 is 2.35 bits per heavy atom. The van der Waals surface area contributed by atoms with E-state index in [0.717, 1.165) is 4.90 Å². The number of nitrogens with one attached hydrogen (secondary N) is 2. The Hall–Kier alpha value is -2.61. The van der Waals surface area contributed by atoms with Crippen LogP contribution in [-0.4, -0.2) is 92.2 Å². The van der Waals surface area contributed by atoms with E-state index >= 15 is 0 Å². The van der Waals surface area contributed by atoms with Crippen LogP contribution in [0.15, 0.2) is 30.3 Å². The monoisotopic (exact) mass is 539 g/mol. The Balaban J connectivity index is 0.00000380. The summed E-state index contributed by atoms with van der Waals surface area (Å²) in [5, 5.41) is 16.1. The second kappa shape index (κ2) is 11.0. The third-order valence-corrected chi connectivity index (χ3v) is 8.13. The normalized spacial score (nSPS) is 25.0. The number of carbonyl (C=O) groups excluding carboxylic acids is 6. The minimum atomic E-state index is -1.37. The third kappa shape index (κ3) is 5.22. The molecular formula is C23H26N5NaO7S. The van der Waals surface area contributed by atoms with E-state index in [-0.39, 0.29) is 42.6 Å². The number of amides is 6. The first-order valence-electron chi connectivity index (χ1n) is 11.5. The zero-order chi connectivity index (χ0) is 26.4. The number of benzene rings is 1. The Morgan fingerprint density at radius 1 is 1.11 bits per heavy atom. The van der Waals surface area contributed by atoms with Crippen LogP contribution in [0.1, 0.15) is 32.4 Å². The van der Waals surface area contributed by atoms with Gasteiger partial charge < -0.3 is 30.3 Å². The molecule has 192 valence electrons. The standard InChI is InChI=1S/C23H27N5O7S.Na/c1-4-26-10-11-27(19(32)18(26)31)22(35)25-13(12-8-6-5-7-9-12)16(29)24-14-17(30)28-15(21(33)34)23(2,3)36-20(14)28;/h5-9,13-15,20H,4,10-11H2,1-3H3,(H,24,29)(H,25,35)(H,33,34);/q;+1/p-1/t13?,14-,15+,20-;/m1./s1. The van der Waals surface area contributed by atoms with Gasteiger partial charge in [0.25, 0.3) is 0 Å². The number of urea groups is 1. The summed E-state index contributed by atoms with van der Waals surface area (Å²) in [6.07, 6.45) is 0. The summed E-state index contributed by atoms with van der Waals surface area (Å²) in [5.41, 5.74) is 0.393. The van der Waals surface area contributed by atoms with Crippen LogP contribution in [0.25, 0.3) is 0 Å². The SMILES string of the molecule is CCN1CCN(C(=O)NC(C(=O)N[C@@H]2C(=O)N3[C@@H]2SC(C)(C)[C@@H]3C(=O)[O-])c2ccccc2)C(=O)C1=O.[Na+]. The van der Waals surface area contributed by atoms with Crippen molar-refractivity contribution in [3.63, 3.8) is 0 Å². The molecule has 0 radical (unpaired) electrons. The number of β-lactam (4-membered cyclic amide) rings is 1. The van der Waals surface area contributed by atoms with Gasteiger partial charge >= 0.3 is 47.4 Å². The molecule has 3 saturated heterocycles. The van der Waals surface area contributed by atoms with Gasteiger partial charge in [-0.2, -0.15) is 0 Å². The molecule has 0 aliphatic carbocycles. The fraction of sp³-hybridized carbons (Fsp3) is 0.478. The Morgan fingerprint density at radius 2 is 1.76 bits per heavy atom. The topological polar surface area (TPSA) is 159 Å². The Kier molecular flexibility index (Phi) is 8.62. The first kappa shape index (κ1) is 29.0. The van der Waals surface area contributed by atoms with Crippen molar-refractivity contribution in [1.29, 1.82) is 0 Å². The summed E-state index contributed by atoms with van der Waals surface area (Å²) in [6.45, 7) is 5.58. The van der Waals surface area contributed by atoms with E-state index in [9.17, 15) is 33.9 Å². The van der Waals surface area contributed by atoms with Crippen molar-refractivity contribution in [2.75, 3.05) is 19.6 Å². The van der Waals surface area contributed by atoms with Gasteiger partial charge in [0.1, 0.15) is 17.5 Å². The van der Waals surface area contributed by atoms with Crippen LogP contribution in [0.4, 0.5) is 4.79 Å². The number of hydrogen-bond acceptors (Lipinski definition) is 8. The van der Waals surface area contributed by atoms with Gasteiger partial charge in [-0.15, -0.1) is 11.8 Å². The minimum Gasteiger partial charge on any atom is -0.548 e. The molecule has 4 atom stereocenters. The number of carboxylic acids is 1. The van der Waals surface area contributed by atoms with E-state index in [4.69, 9.17) is 0 Å². The molecule has 3 aliphatic heterocycles. The molecule has 0 saturated carbocycles. The molecule has 0 bridgehead atoms. The van der Waals surface area contributed by atoms with Gasteiger partial charge in [-0.1, -0.05) is 30.3 Å². The van der Waals surface area contributed by atoms with Crippen LogP contribution in [-0.2, 0) is 24.0 Å². The van der Waals surface area contributed by atoms with Gasteiger partial charge in [-0.05, 0) is 26.3 Å². The summed E-state index contributed by atoms with van der Waals surface area (Å²) in [6, 6.07) is 3.92. The number of aliphatic carboxylic acids is 1. The maximum Gasteiger partial charge on any atom is 1.00 e. The van der Waals surface area contributed by atoms with Crippen LogP contribution in [0, 0.1) is 0 Å². The predicted octanol–water partition coefficient (Wildman–Crippen LogP) is -4.57. The number of hydrogen-bond donors (Lipinski definition) is 2. The molecular weight excluding hydrogens is 513 g/mol. The number of likely N-dealkylation sites (N-methyl/N-ethyl adjacent to an activating group) is 1. The third-order valence-electron chi connectivity index (χ3n) is 6.56. The summed E-state index contributed by atoms with van der Waals surface area (Å²) in [5.74, 6) is -4.44. The van der Waals surface area contributed by atoms with E-state index in [1.165, 1.54) is 21.6 Å². The van der Waals surface area contributed by atoms with Gasteiger partial charge in [0, 0.05) is 24.4 Å². The molecule has 1 unspecified atom stereocenters. The first-order valence-corrected chi connectivity index (χ1v) is 12.3. The number of thioether (sulfide) groups is 1. The molecule has 6 amide bonds. The molecule has 1 aromatic carbocycles. The Bertz CT molecular complexity index is 1130. The second-order valence-electron chi connectivity index (χ2n) is 9.20. The van der Waals surface area contributed by atoms with E-state index in [2.05, 4.69) is 10.6 Å². The molecule has 0 spiro atoms. The second-order valence-corrected chi connectivity index (χ2v) is 11.0. The summed E-state index contributed by atoms with van der Waals surface area (Å²) < 4.78 is -0.820. The van der Waals surface area contributed by atoms with Crippen LogP contribution in [0.5, 0.6) is 0 Å². The first-order chi connectivity index (χ1) is 17.0. The molecule has 3 aliphatic rings. The number of nitrogens with zero attached hydrogens (tertiary/aromatic N) is 3. The predicted molar refractivity (Wildman–Crippen MR) is 125 cm³/mol. The molecule has 3 fully saturated rings. The van der Waals surface area contributed by atoms with Gasteiger partial charge in [0.15, 0.2) is 0 Å². The van der Waals surface area contributed by atoms with Crippen molar-refractivity contribution in [3.8, 4) is 0 Å². The van der Waals surface area contributed by atoms with Gasteiger partial charge in [0.2, 0.25) is 11.8 Å². The summed E-state index contributed by atoms with van der Waals surface area (Å²) in [4.78, 5) is 78.6. The maximum atomic E-state index is 13.3. The number of carboxylic acid groups (broad SMARTS) is 1. The van der Waals surface area contributed by atoms with Crippen LogP contribution >= 0.6 is 11.8 Å². The van der Waals surface area contributed by atoms with Crippen molar-refractivity contribution in [2.24, 2.45) is 0 Å². The number of piperazine rings is 1. The van der Waals surface area contributed by atoms with Crippen LogP contribution in [0.2, 0.25) is 0 Å². The van der Waals surface area contributed by atoms with Crippen molar-refractivity contribution < 1.29 is 63.4 Å². The molecule has 3 heterocycles. The van der Waals surface area contributed by atoms with E-state index in [1.807, 2.05) is 0 Å². The molecule has 4 rings (SSSR count). The maximum absolute atomic E-state index is 13.3. The number of imide groups is 1. The van der Waals surface area contributed by atoms with Crippen molar-refractivity contribution in [3.05, 3.63) is 35.9 Å². The zero-order valence-electron chi connectivity index (χ0n) is 20.9. The smallest absolute Gasteiger partial charge is 0.548 e. The average Bonchev–Trinajstić information content (AvgIpc) is 3.10. The fourth-order valence-electron chi connectivity index (χ4n) is 4.68. The molecule has 2 N–H and O–H groups in total. The average molecular weight is 540 g/mol. The van der Waals surface area contributed by atoms with E-state index < -0.39 is 63.9 Å². The molecule has 12 nitrogen and oxygen atoms in total. The van der Waals surface area contributed by atoms with E-state index in [1.54, 1.807) is 51.1 Å². The molecule has 1 aromatic rings. The minimum absolute atomic E-state index is 0. The summed E-state index contributed by atoms with van der Waals surface area (Å²) >= 11 is 1.24. The van der Waals surface area contributed by atoms with E-state index in [0.29, 0.717) is 12.1 Å². The molecule has 37 heavy (non-hydrogen) atoms. The van der Waals surface area contributed by atoms with Crippen molar-refractivity contribution in [2.45, 2.75) is 49.0 Å². The van der Waals surface area contributed by atoms with Gasteiger partial charge in [-0.25, -0.2) is 4.79 Å². The van der Waals surface area contributed by atoms with Gasteiger partial charge in [0.05, 0.1) is 12.0 Å². The largest absolute Gasteiger partial charge is 1.00 e. The molecule has 0 aromatic heterocycles. The number of rotatable bonds is 6. The number of carbonyl (C=O) groups is 6. The zero-order valence-corrected chi connectivity index (χ0v) is 23.7. The van der Waals surface area contributed by atoms with Crippen molar-refractivity contribution in [1.82, 2.24) is 25.3 Å². The summed E-state index contributed by atoms with van der Waals surface area (Å²) in [7, 11) is 0. The van der Waals surface area contributed by atoms with Gasteiger partial charge in [-0.3, -0.25) is 24.1 Å². The fourth-order valence-corrected chi connectivity index (χ4v) is 6.30. The quantitative estimate of drug-likeness (QED) is 0.208. The van der Waals surface area contributed by atoms with Crippen molar-refractivity contribution >= 4 is 47.4 Å².